The van der Waals surface area contributed by atoms with Crippen LogP contribution in [0.25, 0.3) is 11.5 Å². The number of nitrogens with zero attached hydrogens (tertiary/aromatic N) is 2. The predicted molar refractivity (Wildman–Crippen MR) is 99.3 cm³/mol. The van der Waals surface area contributed by atoms with E-state index in [4.69, 9.17) is 4.42 Å². The summed E-state index contributed by atoms with van der Waals surface area (Å²) in [6.45, 7) is 6.53. The Morgan fingerprint density at radius 3 is 2.76 bits per heavy atom. The van der Waals surface area contributed by atoms with E-state index in [9.17, 15) is 4.79 Å². The molecule has 1 fully saturated rings. The van der Waals surface area contributed by atoms with Gasteiger partial charge < -0.3 is 9.73 Å². The first-order chi connectivity index (χ1) is 12.0. The van der Waals surface area contributed by atoms with Gasteiger partial charge in [0.05, 0.1) is 5.75 Å². The maximum atomic E-state index is 12.2. The molecule has 3 rings (SSSR count). The minimum absolute atomic E-state index is 0.0334. The lowest BCUT2D eigenvalue weighted by Crippen LogP contribution is -2.44. The number of thioether (sulfide) groups is 1. The Labute approximate surface area is 153 Å². The Morgan fingerprint density at radius 2 is 2.00 bits per heavy atom. The molecule has 1 aliphatic rings. The first-order valence-electron chi connectivity index (χ1n) is 8.85. The van der Waals surface area contributed by atoms with E-state index >= 15 is 0 Å². The number of aryl methyl sites for hydroxylation is 1. The molecule has 0 bridgehead atoms. The van der Waals surface area contributed by atoms with Crippen LogP contribution >= 0.6 is 11.8 Å². The lowest BCUT2D eigenvalue weighted by atomic mass is 9.78. The van der Waals surface area contributed by atoms with Crippen LogP contribution in [0.15, 0.2) is 33.9 Å². The number of benzene rings is 1. The molecule has 5 nitrogen and oxygen atoms in total. The molecule has 1 saturated carbocycles. The number of nitrogens with one attached hydrogen (secondary N) is 1. The molecule has 1 heterocycles. The van der Waals surface area contributed by atoms with Gasteiger partial charge in [-0.25, -0.2) is 0 Å². The second-order valence-electron chi connectivity index (χ2n) is 6.97. The molecule has 0 aliphatic heterocycles. The summed E-state index contributed by atoms with van der Waals surface area (Å²) in [6.07, 6.45) is 3.51. The van der Waals surface area contributed by atoms with Gasteiger partial charge in [-0.3, -0.25) is 4.79 Å². The van der Waals surface area contributed by atoms with Crippen LogP contribution in [0.5, 0.6) is 0 Å². The van der Waals surface area contributed by atoms with Crippen molar-refractivity contribution in [3.63, 3.8) is 0 Å². The lowest BCUT2D eigenvalue weighted by molar-refractivity contribution is -0.120. The van der Waals surface area contributed by atoms with E-state index < -0.39 is 0 Å². The van der Waals surface area contributed by atoms with Gasteiger partial charge >= 0.3 is 0 Å². The second-order valence-corrected chi connectivity index (χ2v) is 7.90. The van der Waals surface area contributed by atoms with Crippen molar-refractivity contribution in [2.24, 2.45) is 11.8 Å². The molecular formula is C19H25N3O2S. The van der Waals surface area contributed by atoms with Gasteiger partial charge in [0, 0.05) is 11.6 Å². The van der Waals surface area contributed by atoms with E-state index in [0.29, 0.717) is 28.7 Å². The van der Waals surface area contributed by atoms with Crippen LogP contribution in [-0.4, -0.2) is 27.9 Å². The molecule has 1 aliphatic carbocycles. The summed E-state index contributed by atoms with van der Waals surface area (Å²) in [4.78, 5) is 12.2. The van der Waals surface area contributed by atoms with Gasteiger partial charge in [-0.1, -0.05) is 56.1 Å². The highest BCUT2D eigenvalue weighted by atomic mass is 32.2. The molecule has 1 aromatic carbocycles. The molecule has 2 aromatic rings. The second kappa shape index (κ2) is 8.04. The summed E-state index contributed by atoms with van der Waals surface area (Å²) < 4.78 is 5.65. The Bertz CT molecular complexity index is 714. The molecule has 0 radical (unpaired) electrons. The molecule has 1 aromatic heterocycles. The van der Waals surface area contributed by atoms with Crippen LogP contribution in [0.3, 0.4) is 0 Å². The molecule has 0 unspecified atom stereocenters. The largest absolute Gasteiger partial charge is 0.411 e. The van der Waals surface area contributed by atoms with Crippen molar-refractivity contribution in [2.75, 3.05) is 5.75 Å². The molecule has 3 atom stereocenters. The van der Waals surface area contributed by atoms with Crippen LogP contribution < -0.4 is 5.32 Å². The Balaban J connectivity index is 1.52. The number of hydrogen-bond donors (Lipinski definition) is 1. The number of carbonyl (C=O) groups excluding carboxylic acids is 1. The van der Waals surface area contributed by atoms with Crippen molar-refractivity contribution < 1.29 is 9.21 Å². The highest BCUT2D eigenvalue weighted by molar-refractivity contribution is 7.99. The third kappa shape index (κ3) is 4.63. The quantitative estimate of drug-likeness (QED) is 0.815. The van der Waals surface area contributed by atoms with E-state index in [2.05, 4.69) is 29.4 Å². The average molecular weight is 359 g/mol. The number of rotatable bonds is 5. The van der Waals surface area contributed by atoms with E-state index in [1.165, 1.54) is 30.2 Å². The molecule has 1 N–H and O–H groups in total. The first kappa shape index (κ1) is 18.0. The zero-order chi connectivity index (χ0) is 17.8. The van der Waals surface area contributed by atoms with Gasteiger partial charge in [0.1, 0.15) is 0 Å². The Kier molecular flexibility index (Phi) is 5.78. The van der Waals surface area contributed by atoms with Crippen molar-refractivity contribution in [1.82, 2.24) is 15.5 Å². The summed E-state index contributed by atoms with van der Waals surface area (Å²) in [5, 5.41) is 11.7. The Morgan fingerprint density at radius 1 is 1.24 bits per heavy atom. The molecule has 134 valence electrons. The zero-order valence-corrected chi connectivity index (χ0v) is 15.8. The fourth-order valence-electron chi connectivity index (χ4n) is 3.24. The molecule has 0 saturated heterocycles. The summed E-state index contributed by atoms with van der Waals surface area (Å²) in [5.74, 6) is 2.01. The topological polar surface area (TPSA) is 68.0 Å². The van der Waals surface area contributed by atoms with Crippen LogP contribution in [0.4, 0.5) is 0 Å². The zero-order valence-electron chi connectivity index (χ0n) is 15.0. The molecule has 0 spiro atoms. The lowest BCUT2D eigenvalue weighted by Gasteiger charge is -2.34. The van der Waals surface area contributed by atoms with Crippen LogP contribution in [0, 0.1) is 18.8 Å². The van der Waals surface area contributed by atoms with Crippen molar-refractivity contribution in [2.45, 2.75) is 51.3 Å². The molecular weight excluding hydrogens is 334 g/mol. The highest BCUT2D eigenvalue weighted by Crippen LogP contribution is 2.29. The SMILES string of the molecule is Cc1ccc(-c2nnc(SCC(=O)N[C@@H]3CCC[C@@H](C)[C@@H]3C)o2)cc1. The molecule has 1 amide bonds. The summed E-state index contributed by atoms with van der Waals surface area (Å²) in [7, 11) is 0. The number of carbonyl (C=O) groups is 1. The monoisotopic (exact) mass is 359 g/mol. The van der Waals surface area contributed by atoms with Crippen molar-refractivity contribution in [1.29, 1.82) is 0 Å². The van der Waals surface area contributed by atoms with Gasteiger partial charge in [0.15, 0.2) is 0 Å². The molecule has 6 heteroatoms. The average Bonchev–Trinajstić information content (AvgIpc) is 3.07. The van der Waals surface area contributed by atoms with Gasteiger partial charge in [-0.05, 0) is 37.3 Å². The van der Waals surface area contributed by atoms with Crippen LogP contribution in [0.2, 0.25) is 0 Å². The minimum atomic E-state index is 0.0334. The number of amides is 1. The standard InChI is InChI=1S/C19H25N3O2S/c1-12-7-9-15(10-8-12)18-21-22-19(24-18)25-11-17(23)20-16-6-4-5-13(2)14(16)3/h7-10,13-14,16H,4-6,11H2,1-3H3,(H,20,23)/t13-,14+,16-/m1/s1. The smallest absolute Gasteiger partial charge is 0.277 e. The third-order valence-electron chi connectivity index (χ3n) is 5.08. The van der Waals surface area contributed by atoms with Crippen molar-refractivity contribution in [3.05, 3.63) is 29.8 Å². The van der Waals surface area contributed by atoms with Gasteiger partial charge in [0.2, 0.25) is 11.8 Å². The fraction of sp³-hybridized carbons (Fsp3) is 0.526. The van der Waals surface area contributed by atoms with Gasteiger partial charge in [-0.2, -0.15) is 0 Å². The van der Waals surface area contributed by atoms with Crippen molar-refractivity contribution in [3.8, 4) is 11.5 Å². The van der Waals surface area contributed by atoms with E-state index in [1.807, 2.05) is 31.2 Å². The predicted octanol–water partition coefficient (Wildman–Crippen LogP) is 4.08. The fourth-order valence-corrected chi connectivity index (χ4v) is 3.82. The third-order valence-corrected chi connectivity index (χ3v) is 5.90. The maximum Gasteiger partial charge on any atom is 0.277 e. The Hall–Kier alpha value is -1.82. The van der Waals surface area contributed by atoms with E-state index in [0.717, 1.165) is 12.0 Å². The minimum Gasteiger partial charge on any atom is -0.411 e. The normalized spacial score (nSPS) is 23.4. The summed E-state index contributed by atoms with van der Waals surface area (Å²) >= 11 is 1.29. The summed E-state index contributed by atoms with van der Waals surface area (Å²) in [6, 6.07) is 8.20. The van der Waals surface area contributed by atoms with Gasteiger partial charge in [0.25, 0.3) is 5.22 Å². The first-order valence-corrected chi connectivity index (χ1v) is 9.84. The van der Waals surface area contributed by atoms with Gasteiger partial charge in [-0.15, -0.1) is 10.2 Å². The van der Waals surface area contributed by atoms with Crippen molar-refractivity contribution >= 4 is 17.7 Å². The maximum absolute atomic E-state index is 12.2. The van der Waals surface area contributed by atoms with Crippen LogP contribution in [-0.2, 0) is 4.79 Å². The summed E-state index contributed by atoms with van der Waals surface area (Å²) in [5.41, 5.74) is 2.07. The van der Waals surface area contributed by atoms with E-state index in [1.54, 1.807) is 0 Å². The van der Waals surface area contributed by atoms with E-state index in [-0.39, 0.29) is 11.9 Å². The van der Waals surface area contributed by atoms with Crippen LogP contribution in [0.1, 0.15) is 38.7 Å². The highest BCUT2D eigenvalue weighted by Gasteiger charge is 2.28. The number of aromatic nitrogens is 2. The molecule has 25 heavy (non-hydrogen) atoms. The number of hydrogen-bond acceptors (Lipinski definition) is 5.